The molecule has 1 aromatic carbocycles. The first kappa shape index (κ1) is 19.9. The van der Waals surface area contributed by atoms with Gasteiger partial charge in [-0.1, -0.05) is 30.7 Å². The minimum absolute atomic E-state index is 0.00627. The highest BCUT2D eigenvalue weighted by molar-refractivity contribution is 5.91. The van der Waals surface area contributed by atoms with Crippen molar-refractivity contribution in [2.45, 2.75) is 26.7 Å². The van der Waals surface area contributed by atoms with E-state index >= 15 is 0 Å². The number of amides is 2. The second kappa shape index (κ2) is 9.35. The van der Waals surface area contributed by atoms with Gasteiger partial charge in [0.15, 0.2) is 0 Å². The van der Waals surface area contributed by atoms with Gasteiger partial charge in [0.25, 0.3) is 0 Å². The molecular weight excluding hydrogens is 352 g/mol. The number of benzene rings is 1. The lowest BCUT2D eigenvalue weighted by atomic mass is 10.0. The van der Waals surface area contributed by atoms with Crippen LogP contribution in [0.4, 0.5) is 11.5 Å². The summed E-state index contributed by atoms with van der Waals surface area (Å²) in [4.78, 5) is 33.3. The van der Waals surface area contributed by atoms with Gasteiger partial charge in [-0.3, -0.25) is 9.59 Å². The van der Waals surface area contributed by atoms with Gasteiger partial charge in [-0.05, 0) is 37.1 Å². The minimum atomic E-state index is -0.0517. The summed E-state index contributed by atoms with van der Waals surface area (Å²) in [7, 11) is 0. The smallest absolute Gasteiger partial charge is 0.224 e. The molecule has 0 saturated carbocycles. The largest absolute Gasteiger partial charge is 0.353 e. The van der Waals surface area contributed by atoms with Crippen molar-refractivity contribution in [3.63, 3.8) is 0 Å². The molecule has 6 nitrogen and oxygen atoms in total. The number of carbonyl (C=O) groups excluding carboxylic acids is 2. The van der Waals surface area contributed by atoms with Gasteiger partial charge >= 0.3 is 0 Å². The average molecular weight is 380 g/mol. The van der Waals surface area contributed by atoms with Crippen molar-refractivity contribution in [3.8, 4) is 0 Å². The summed E-state index contributed by atoms with van der Waals surface area (Å²) in [6.07, 6.45) is 2.52. The van der Waals surface area contributed by atoms with E-state index in [1.54, 1.807) is 6.20 Å². The molecule has 1 aliphatic heterocycles. The highest BCUT2D eigenvalue weighted by Crippen LogP contribution is 2.16. The predicted octanol–water partition coefficient (Wildman–Crippen LogP) is 3.09. The van der Waals surface area contributed by atoms with Crippen LogP contribution in [0.5, 0.6) is 0 Å². The first-order chi connectivity index (χ1) is 13.5. The molecule has 0 bridgehead atoms. The van der Waals surface area contributed by atoms with E-state index in [-0.39, 0.29) is 17.7 Å². The second-order valence-electron chi connectivity index (χ2n) is 7.48. The summed E-state index contributed by atoms with van der Waals surface area (Å²) in [6, 6.07) is 13.6. The van der Waals surface area contributed by atoms with Crippen molar-refractivity contribution in [1.82, 2.24) is 9.88 Å². The normalized spacial score (nSPS) is 15.2. The summed E-state index contributed by atoms with van der Waals surface area (Å²) >= 11 is 0. The van der Waals surface area contributed by atoms with Gasteiger partial charge in [0.05, 0.1) is 0 Å². The van der Waals surface area contributed by atoms with Gasteiger partial charge < -0.3 is 15.1 Å². The Balaban J connectivity index is 1.41. The molecule has 2 heterocycles. The summed E-state index contributed by atoms with van der Waals surface area (Å²) in [5.74, 6) is 1.03. The van der Waals surface area contributed by atoms with Gasteiger partial charge in [-0.2, -0.15) is 0 Å². The zero-order valence-corrected chi connectivity index (χ0v) is 16.6. The topological polar surface area (TPSA) is 65.5 Å². The maximum atomic E-state index is 12.6. The molecule has 148 valence electrons. The van der Waals surface area contributed by atoms with Gasteiger partial charge in [0.1, 0.15) is 5.82 Å². The van der Waals surface area contributed by atoms with Crippen LogP contribution >= 0.6 is 0 Å². The molecule has 0 radical (unpaired) electrons. The molecule has 1 aromatic heterocycles. The summed E-state index contributed by atoms with van der Waals surface area (Å²) < 4.78 is 0. The number of nitrogens with one attached hydrogen (secondary N) is 1. The monoisotopic (exact) mass is 380 g/mol. The van der Waals surface area contributed by atoms with Crippen molar-refractivity contribution in [1.29, 1.82) is 0 Å². The van der Waals surface area contributed by atoms with Crippen LogP contribution in [0.3, 0.4) is 0 Å². The Labute approximate surface area is 166 Å². The quantitative estimate of drug-likeness (QED) is 0.836. The molecule has 0 aliphatic carbocycles. The van der Waals surface area contributed by atoms with Gasteiger partial charge in [-0.15, -0.1) is 0 Å². The van der Waals surface area contributed by atoms with Crippen molar-refractivity contribution in [2.75, 3.05) is 36.4 Å². The third-order valence-corrected chi connectivity index (χ3v) is 5.00. The van der Waals surface area contributed by atoms with Crippen LogP contribution < -0.4 is 10.2 Å². The fraction of sp³-hybridized carbons (Fsp3) is 0.409. The molecule has 2 amide bonds. The molecule has 1 N–H and O–H groups in total. The van der Waals surface area contributed by atoms with E-state index in [0.717, 1.165) is 30.2 Å². The van der Waals surface area contributed by atoms with E-state index in [0.29, 0.717) is 25.9 Å². The maximum Gasteiger partial charge on any atom is 0.224 e. The standard InChI is InChI=1S/C22H28N4O2/c1-17-6-8-19(9-7-17)24-21(27)15-18(2)16-22(28)26-13-11-25(12-14-26)20-5-3-4-10-23-20/h3-10,18H,11-16H2,1-2H3,(H,24,27)/t18-/m1/s1. The molecule has 0 spiro atoms. The molecule has 3 rings (SSSR count). The van der Waals surface area contributed by atoms with Gasteiger partial charge in [-0.25, -0.2) is 4.98 Å². The minimum Gasteiger partial charge on any atom is -0.353 e. The van der Waals surface area contributed by atoms with Crippen LogP contribution in [-0.2, 0) is 9.59 Å². The number of hydrogen-bond acceptors (Lipinski definition) is 4. The highest BCUT2D eigenvalue weighted by atomic mass is 16.2. The molecule has 1 atom stereocenters. The summed E-state index contributed by atoms with van der Waals surface area (Å²) in [5, 5.41) is 2.90. The number of carbonyl (C=O) groups is 2. The zero-order valence-electron chi connectivity index (χ0n) is 16.6. The van der Waals surface area contributed by atoms with Gasteiger partial charge in [0.2, 0.25) is 11.8 Å². The molecule has 1 aliphatic rings. The highest BCUT2D eigenvalue weighted by Gasteiger charge is 2.23. The fourth-order valence-corrected chi connectivity index (χ4v) is 3.39. The molecule has 6 heteroatoms. The Morgan fingerprint density at radius 1 is 1.04 bits per heavy atom. The lowest BCUT2D eigenvalue weighted by Gasteiger charge is -2.35. The maximum absolute atomic E-state index is 12.6. The van der Waals surface area contributed by atoms with Crippen molar-refractivity contribution < 1.29 is 9.59 Å². The van der Waals surface area contributed by atoms with Crippen LogP contribution in [-0.4, -0.2) is 47.9 Å². The SMILES string of the molecule is Cc1ccc(NC(=O)C[C@@H](C)CC(=O)N2CCN(c3ccccn3)CC2)cc1. The van der Waals surface area contributed by atoms with E-state index in [1.807, 2.05) is 61.2 Å². The number of pyridine rings is 1. The molecule has 1 fully saturated rings. The van der Waals surface area contributed by atoms with Crippen molar-refractivity contribution >= 4 is 23.3 Å². The van der Waals surface area contributed by atoms with Crippen molar-refractivity contribution in [3.05, 3.63) is 54.2 Å². The number of aryl methyl sites for hydroxylation is 1. The lowest BCUT2D eigenvalue weighted by molar-refractivity contribution is -0.132. The second-order valence-corrected chi connectivity index (χ2v) is 7.48. The lowest BCUT2D eigenvalue weighted by Crippen LogP contribution is -2.49. The Morgan fingerprint density at radius 2 is 1.75 bits per heavy atom. The van der Waals surface area contributed by atoms with Crippen LogP contribution in [0.1, 0.15) is 25.3 Å². The Hall–Kier alpha value is -2.89. The molecule has 0 unspecified atom stereocenters. The molecule has 28 heavy (non-hydrogen) atoms. The first-order valence-corrected chi connectivity index (χ1v) is 9.81. The van der Waals surface area contributed by atoms with E-state index in [2.05, 4.69) is 15.2 Å². The predicted molar refractivity (Wildman–Crippen MR) is 111 cm³/mol. The number of aromatic nitrogens is 1. The van der Waals surface area contributed by atoms with Crippen LogP contribution in [0.2, 0.25) is 0 Å². The summed E-state index contributed by atoms with van der Waals surface area (Å²) in [5.41, 5.74) is 1.94. The first-order valence-electron chi connectivity index (χ1n) is 9.81. The van der Waals surface area contributed by atoms with E-state index < -0.39 is 0 Å². The molecular formula is C22H28N4O2. The third-order valence-electron chi connectivity index (χ3n) is 5.00. The van der Waals surface area contributed by atoms with Crippen LogP contribution in [0.25, 0.3) is 0 Å². The number of nitrogens with zero attached hydrogens (tertiary/aromatic N) is 3. The van der Waals surface area contributed by atoms with Crippen LogP contribution in [0, 0.1) is 12.8 Å². The molecule has 1 saturated heterocycles. The summed E-state index contributed by atoms with van der Waals surface area (Å²) in [6.45, 7) is 6.91. The number of piperazine rings is 1. The average Bonchev–Trinajstić information content (AvgIpc) is 2.70. The fourth-order valence-electron chi connectivity index (χ4n) is 3.39. The van der Waals surface area contributed by atoms with Gasteiger partial charge in [0, 0.05) is 50.9 Å². The third kappa shape index (κ3) is 5.55. The number of anilines is 2. The van der Waals surface area contributed by atoms with Crippen LogP contribution in [0.15, 0.2) is 48.7 Å². The number of hydrogen-bond donors (Lipinski definition) is 1. The zero-order chi connectivity index (χ0) is 19.9. The van der Waals surface area contributed by atoms with E-state index in [9.17, 15) is 9.59 Å². The van der Waals surface area contributed by atoms with E-state index in [4.69, 9.17) is 0 Å². The molecule has 2 aromatic rings. The Bertz CT molecular complexity index is 784. The Morgan fingerprint density at radius 3 is 2.39 bits per heavy atom. The van der Waals surface area contributed by atoms with Crippen molar-refractivity contribution in [2.24, 2.45) is 5.92 Å². The number of rotatable bonds is 6. The Kier molecular flexibility index (Phi) is 6.63. The van der Waals surface area contributed by atoms with E-state index in [1.165, 1.54) is 0 Å².